The number of aromatic carboxylic acids is 1. The second-order valence-electron chi connectivity index (χ2n) is 5.21. The van der Waals surface area contributed by atoms with Crippen LogP contribution in [-0.2, 0) is 11.2 Å². The molecule has 0 saturated heterocycles. The fourth-order valence-electron chi connectivity index (χ4n) is 2.34. The first kappa shape index (κ1) is 16.5. The first-order valence-electron chi connectivity index (χ1n) is 7.25. The lowest BCUT2D eigenvalue weighted by molar-refractivity contribution is -0.121. The van der Waals surface area contributed by atoms with Crippen molar-refractivity contribution < 1.29 is 19.4 Å². The van der Waals surface area contributed by atoms with E-state index >= 15 is 0 Å². The molecule has 2 aromatic rings. The minimum atomic E-state index is -0.981. The third kappa shape index (κ3) is 4.32. The average Bonchev–Trinajstić information content (AvgIpc) is 2.55. The fourth-order valence-corrected chi connectivity index (χ4v) is 2.34. The summed E-state index contributed by atoms with van der Waals surface area (Å²) in [4.78, 5) is 23.0. The molecule has 120 valence electrons. The molecule has 23 heavy (non-hydrogen) atoms. The number of hydrogen-bond acceptors (Lipinski definition) is 3. The van der Waals surface area contributed by atoms with Gasteiger partial charge >= 0.3 is 5.97 Å². The van der Waals surface area contributed by atoms with Crippen LogP contribution in [0, 0.1) is 0 Å². The van der Waals surface area contributed by atoms with E-state index in [1.807, 2.05) is 31.2 Å². The van der Waals surface area contributed by atoms with Gasteiger partial charge in [-0.15, -0.1) is 0 Å². The molecule has 0 aliphatic heterocycles. The number of amides is 1. The van der Waals surface area contributed by atoms with Crippen LogP contribution in [0.1, 0.15) is 34.5 Å². The lowest BCUT2D eigenvalue weighted by atomic mass is 10.1. The van der Waals surface area contributed by atoms with Crippen LogP contribution >= 0.6 is 0 Å². The van der Waals surface area contributed by atoms with E-state index in [0.29, 0.717) is 0 Å². The summed E-state index contributed by atoms with van der Waals surface area (Å²) in [6.07, 6.45) is 0.194. The van der Waals surface area contributed by atoms with Crippen molar-refractivity contribution in [3.63, 3.8) is 0 Å². The van der Waals surface area contributed by atoms with Gasteiger partial charge in [0.1, 0.15) is 5.75 Å². The Morgan fingerprint density at radius 2 is 1.78 bits per heavy atom. The van der Waals surface area contributed by atoms with Gasteiger partial charge in [-0.1, -0.05) is 30.3 Å². The second kappa shape index (κ2) is 7.45. The molecule has 0 heterocycles. The number of hydrogen-bond donors (Lipinski definition) is 2. The van der Waals surface area contributed by atoms with Crippen LogP contribution in [0.15, 0.2) is 48.5 Å². The number of carbonyl (C=O) groups is 2. The molecule has 2 N–H and O–H groups in total. The zero-order valence-electron chi connectivity index (χ0n) is 13.1. The van der Waals surface area contributed by atoms with E-state index in [4.69, 9.17) is 9.84 Å². The van der Waals surface area contributed by atoms with Crippen molar-refractivity contribution in [3.8, 4) is 5.75 Å². The highest BCUT2D eigenvalue weighted by Gasteiger charge is 2.14. The normalized spacial score (nSPS) is 11.6. The minimum Gasteiger partial charge on any atom is -0.496 e. The molecule has 0 aliphatic carbocycles. The van der Waals surface area contributed by atoms with Gasteiger partial charge < -0.3 is 15.2 Å². The lowest BCUT2D eigenvalue weighted by Gasteiger charge is -2.17. The lowest BCUT2D eigenvalue weighted by Crippen LogP contribution is -2.28. The Hall–Kier alpha value is -2.82. The Balaban J connectivity index is 2.00. The van der Waals surface area contributed by atoms with Crippen LogP contribution in [0.2, 0.25) is 0 Å². The van der Waals surface area contributed by atoms with Crippen molar-refractivity contribution in [3.05, 3.63) is 65.2 Å². The Morgan fingerprint density at radius 1 is 1.13 bits per heavy atom. The van der Waals surface area contributed by atoms with Gasteiger partial charge in [0.25, 0.3) is 0 Å². The number of ether oxygens (including phenoxy) is 1. The van der Waals surface area contributed by atoms with Gasteiger partial charge in [-0.05, 0) is 30.7 Å². The standard InChI is InChI=1S/C18H19NO4/c1-12(15-5-3-4-6-16(15)23-2)19-17(20)11-13-7-9-14(10-8-13)18(21)22/h3-10,12H,11H2,1-2H3,(H,19,20)(H,21,22). The van der Waals surface area contributed by atoms with Gasteiger partial charge in [-0.3, -0.25) is 4.79 Å². The van der Waals surface area contributed by atoms with Crippen molar-refractivity contribution in [1.82, 2.24) is 5.32 Å². The van der Waals surface area contributed by atoms with Crippen molar-refractivity contribution in [2.45, 2.75) is 19.4 Å². The molecule has 0 fully saturated rings. The summed E-state index contributed by atoms with van der Waals surface area (Å²) in [6.45, 7) is 1.89. The third-order valence-electron chi connectivity index (χ3n) is 3.55. The van der Waals surface area contributed by atoms with Gasteiger partial charge in [0.05, 0.1) is 25.1 Å². The highest BCUT2D eigenvalue weighted by Crippen LogP contribution is 2.24. The maximum atomic E-state index is 12.1. The van der Waals surface area contributed by atoms with Crippen LogP contribution in [0.3, 0.4) is 0 Å². The maximum Gasteiger partial charge on any atom is 0.335 e. The molecule has 0 saturated carbocycles. The quantitative estimate of drug-likeness (QED) is 0.860. The molecular formula is C18H19NO4. The van der Waals surface area contributed by atoms with Gasteiger partial charge in [-0.2, -0.15) is 0 Å². The summed E-state index contributed by atoms with van der Waals surface area (Å²) < 4.78 is 5.29. The number of methoxy groups -OCH3 is 1. The topological polar surface area (TPSA) is 75.6 Å². The molecule has 2 rings (SSSR count). The van der Waals surface area contributed by atoms with E-state index in [2.05, 4.69) is 5.32 Å². The summed E-state index contributed by atoms with van der Waals surface area (Å²) in [7, 11) is 1.59. The predicted octanol–water partition coefficient (Wildman–Crippen LogP) is 2.81. The average molecular weight is 313 g/mol. The summed E-state index contributed by atoms with van der Waals surface area (Å²) in [5.41, 5.74) is 1.88. The molecule has 0 aromatic heterocycles. The number of carboxylic acids is 1. The van der Waals surface area contributed by atoms with E-state index < -0.39 is 5.97 Å². The molecule has 5 heteroatoms. The number of para-hydroxylation sites is 1. The van der Waals surface area contributed by atoms with Crippen LogP contribution in [0.25, 0.3) is 0 Å². The number of carbonyl (C=O) groups excluding carboxylic acids is 1. The molecule has 0 bridgehead atoms. The second-order valence-corrected chi connectivity index (χ2v) is 5.21. The van der Waals surface area contributed by atoms with E-state index in [1.165, 1.54) is 12.1 Å². The zero-order chi connectivity index (χ0) is 16.8. The molecule has 0 aliphatic rings. The zero-order valence-corrected chi connectivity index (χ0v) is 13.1. The number of nitrogens with one attached hydrogen (secondary N) is 1. The molecular weight excluding hydrogens is 294 g/mol. The molecule has 0 spiro atoms. The van der Waals surface area contributed by atoms with E-state index in [0.717, 1.165) is 16.9 Å². The first-order chi connectivity index (χ1) is 11.0. The van der Waals surface area contributed by atoms with Crippen molar-refractivity contribution >= 4 is 11.9 Å². The SMILES string of the molecule is COc1ccccc1C(C)NC(=O)Cc1ccc(C(=O)O)cc1. The van der Waals surface area contributed by atoms with Crippen LogP contribution in [0.5, 0.6) is 5.75 Å². The Labute approximate surface area is 134 Å². The predicted molar refractivity (Wildman–Crippen MR) is 86.7 cm³/mol. The minimum absolute atomic E-state index is 0.133. The number of rotatable bonds is 6. The molecule has 1 unspecified atom stereocenters. The summed E-state index contributed by atoms with van der Waals surface area (Å²) in [6, 6.07) is 13.6. The number of benzene rings is 2. The summed E-state index contributed by atoms with van der Waals surface area (Å²) in [5, 5.41) is 11.8. The van der Waals surface area contributed by atoms with Crippen LogP contribution in [0.4, 0.5) is 0 Å². The van der Waals surface area contributed by atoms with Crippen LogP contribution < -0.4 is 10.1 Å². The van der Waals surface area contributed by atoms with Crippen molar-refractivity contribution in [2.75, 3.05) is 7.11 Å². The van der Waals surface area contributed by atoms with Crippen LogP contribution in [-0.4, -0.2) is 24.1 Å². The summed E-state index contributed by atoms with van der Waals surface area (Å²) in [5.74, 6) is -0.386. The van der Waals surface area contributed by atoms with Gasteiger partial charge in [0.2, 0.25) is 5.91 Å². The maximum absolute atomic E-state index is 12.1. The van der Waals surface area contributed by atoms with Gasteiger partial charge in [0, 0.05) is 5.56 Å². The molecule has 5 nitrogen and oxygen atoms in total. The van der Waals surface area contributed by atoms with E-state index in [-0.39, 0.29) is 23.9 Å². The van der Waals surface area contributed by atoms with Gasteiger partial charge in [-0.25, -0.2) is 4.79 Å². The molecule has 2 aromatic carbocycles. The summed E-state index contributed by atoms with van der Waals surface area (Å²) >= 11 is 0. The van der Waals surface area contributed by atoms with Crippen molar-refractivity contribution in [2.24, 2.45) is 0 Å². The monoisotopic (exact) mass is 313 g/mol. The smallest absolute Gasteiger partial charge is 0.335 e. The van der Waals surface area contributed by atoms with E-state index in [9.17, 15) is 9.59 Å². The molecule has 1 amide bonds. The fraction of sp³-hybridized carbons (Fsp3) is 0.222. The highest BCUT2D eigenvalue weighted by molar-refractivity contribution is 5.87. The first-order valence-corrected chi connectivity index (χ1v) is 7.25. The largest absolute Gasteiger partial charge is 0.496 e. The van der Waals surface area contributed by atoms with Gasteiger partial charge in [0.15, 0.2) is 0 Å². The molecule has 1 atom stereocenters. The van der Waals surface area contributed by atoms with Crippen molar-refractivity contribution in [1.29, 1.82) is 0 Å². The Bertz CT molecular complexity index is 694. The number of carboxylic acid groups (broad SMARTS) is 1. The Morgan fingerprint density at radius 3 is 2.39 bits per heavy atom. The highest BCUT2D eigenvalue weighted by atomic mass is 16.5. The third-order valence-corrected chi connectivity index (χ3v) is 3.55. The molecule has 0 radical (unpaired) electrons. The van der Waals surface area contributed by atoms with E-state index in [1.54, 1.807) is 19.2 Å². The Kier molecular flexibility index (Phi) is 5.36.